The first-order valence-corrected chi connectivity index (χ1v) is 6.23. The van der Waals surface area contributed by atoms with Gasteiger partial charge < -0.3 is 9.84 Å². The Hall–Kier alpha value is -2.29. The lowest BCUT2D eigenvalue weighted by molar-refractivity contribution is 0.0994. The number of rotatable bonds is 2. The number of phenolic OH excluding ortho intramolecular Hbond substituents is 1. The number of phenols is 1. The third-order valence-electron chi connectivity index (χ3n) is 3.57. The van der Waals surface area contributed by atoms with E-state index in [1.165, 1.54) is 7.11 Å². The Morgan fingerprint density at radius 2 is 1.89 bits per heavy atom. The number of benzene rings is 2. The fourth-order valence-corrected chi connectivity index (χ4v) is 2.61. The SMILES string of the molecule is COc1cc(-c2cccc3c2CCC3=O)ccc1O. The van der Waals surface area contributed by atoms with Gasteiger partial charge in [0.2, 0.25) is 0 Å². The standard InChI is InChI=1S/C16H14O3/c1-19-16-9-10(5-7-15(16)18)11-3-2-4-13-12(11)6-8-14(13)17/h2-5,7,9,18H,6,8H2,1H3. The van der Waals surface area contributed by atoms with Gasteiger partial charge in [-0.25, -0.2) is 0 Å². The van der Waals surface area contributed by atoms with Crippen molar-refractivity contribution in [1.82, 2.24) is 0 Å². The van der Waals surface area contributed by atoms with Crippen LogP contribution in [0.2, 0.25) is 0 Å². The lowest BCUT2D eigenvalue weighted by Gasteiger charge is -2.10. The Morgan fingerprint density at radius 1 is 1.11 bits per heavy atom. The normalized spacial score (nSPS) is 13.4. The van der Waals surface area contributed by atoms with Gasteiger partial charge in [0, 0.05) is 12.0 Å². The Bertz CT molecular complexity index is 659. The Morgan fingerprint density at radius 3 is 2.68 bits per heavy atom. The molecule has 1 aliphatic carbocycles. The van der Waals surface area contributed by atoms with Crippen molar-refractivity contribution in [2.75, 3.05) is 7.11 Å². The van der Waals surface area contributed by atoms with Crippen LogP contribution in [0.1, 0.15) is 22.3 Å². The number of fused-ring (bicyclic) bond motifs is 1. The van der Waals surface area contributed by atoms with Crippen LogP contribution in [0.5, 0.6) is 11.5 Å². The van der Waals surface area contributed by atoms with E-state index < -0.39 is 0 Å². The molecular weight excluding hydrogens is 240 g/mol. The average molecular weight is 254 g/mol. The molecule has 0 bridgehead atoms. The summed E-state index contributed by atoms with van der Waals surface area (Å²) < 4.78 is 5.13. The fourth-order valence-electron chi connectivity index (χ4n) is 2.61. The number of hydrogen-bond donors (Lipinski definition) is 1. The Labute approximate surface area is 111 Å². The van der Waals surface area contributed by atoms with Gasteiger partial charge in [0.15, 0.2) is 17.3 Å². The lowest BCUT2D eigenvalue weighted by atomic mass is 9.96. The van der Waals surface area contributed by atoms with E-state index in [0.717, 1.165) is 28.7 Å². The molecule has 0 spiro atoms. The van der Waals surface area contributed by atoms with Gasteiger partial charge in [0.05, 0.1) is 7.11 Å². The average Bonchev–Trinajstić information content (AvgIpc) is 2.81. The van der Waals surface area contributed by atoms with Gasteiger partial charge in [-0.2, -0.15) is 0 Å². The number of ether oxygens (including phenoxy) is 1. The molecular formula is C16H14O3. The molecule has 3 rings (SSSR count). The predicted octanol–water partition coefficient (Wildman–Crippen LogP) is 3.20. The highest BCUT2D eigenvalue weighted by atomic mass is 16.5. The zero-order valence-corrected chi connectivity index (χ0v) is 10.6. The predicted molar refractivity (Wildman–Crippen MR) is 72.7 cm³/mol. The van der Waals surface area contributed by atoms with Crippen molar-refractivity contribution in [2.45, 2.75) is 12.8 Å². The highest BCUT2D eigenvalue weighted by Crippen LogP contribution is 2.36. The third-order valence-corrected chi connectivity index (χ3v) is 3.57. The van der Waals surface area contributed by atoms with E-state index >= 15 is 0 Å². The molecule has 0 atom stereocenters. The maximum Gasteiger partial charge on any atom is 0.163 e. The molecule has 0 amide bonds. The largest absolute Gasteiger partial charge is 0.504 e. The van der Waals surface area contributed by atoms with Crippen LogP contribution in [0.3, 0.4) is 0 Å². The summed E-state index contributed by atoms with van der Waals surface area (Å²) in [6, 6.07) is 11.0. The molecule has 19 heavy (non-hydrogen) atoms. The number of ketones is 1. The molecule has 0 radical (unpaired) electrons. The van der Waals surface area contributed by atoms with Crippen LogP contribution in [0.4, 0.5) is 0 Å². The Kier molecular flexibility index (Phi) is 2.75. The topological polar surface area (TPSA) is 46.5 Å². The quantitative estimate of drug-likeness (QED) is 0.895. The summed E-state index contributed by atoms with van der Waals surface area (Å²) >= 11 is 0. The number of Topliss-reactive ketones (excluding diaryl/α,β-unsaturated/α-hetero) is 1. The summed E-state index contributed by atoms with van der Waals surface area (Å²) in [6.07, 6.45) is 1.37. The fraction of sp³-hybridized carbons (Fsp3) is 0.188. The number of methoxy groups -OCH3 is 1. The van der Waals surface area contributed by atoms with Crippen molar-refractivity contribution in [3.8, 4) is 22.6 Å². The number of carbonyl (C=O) groups is 1. The molecule has 3 nitrogen and oxygen atoms in total. The van der Waals surface area contributed by atoms with E-state index in [0.29, 0.717) is 12.2 Å². The van der Waals surface area contributed by atoms with Gasteiger partial charge in [0.1, 0.15) is 0 Å². The first-order chi connectivity index (χ1) is 9.20. The molecule has 1 aliphatic rings. The van der Waals surface area contributed by atoms with E-state index in [1.54, 1.807) is 12.1 Å². The van der Waals surface area contributed by atoms with E-state index in [9.17, 15) is 9.90 Å². The molecule has 2 aromatic carbocycles. The monoisotopic (exact) mass is 254 g/mol. The molecule has 96 valence electrons. The minimum Gasteiger partial charge on any atom is -0.504 e. The maximum absolute atomic E-state index is 11.8. The summed E-state index contributed by atoms with van der Waals surface area (Å²) in [4.78, 5) is 11.8. The molecule has 0 saturated heterocycles. The molecule has 0 aliphatic heterocycles. The van der Waals surface area contributed by atoms with Gasteiger partial charge in [-0.3, -0.25) is 4.79 Å². The van der Waals surface area contributed by atoms with E-state index in [1.807, 2.05) is 24.3 Å². The molecule has 2 aromatic rings. The van der Waals surface area contributed by atoms with Crippen molar-refractivity contribution < 1.29 is 14.6 Å². The van der Waals surface area contributed by atoms with Crippen molar-refractivity contribution in [3.63, 3.8) is 0 Å². The lowest BCUT2D eigenvalue weighted by Crippen LogP contribution is -1.92. The van der Waals surface area contributed by atoms with Crippen LogP contribution in [-0.2, 0) is 6.42 Å². The van der Waals surface area contributed by atoms with Gasteiger partial charge in [-0.1, -0.05) is 24.3 Å². The van der Waals surface area contributed by atoms with Crippen LogP contribution in [0, 0.1) is 0 Å². The minimum atomic E-state index is 0.120. The van der Waals surface area contributed by atoms with Gasteiger partial charge in [-0.05, 0) is 35.2 Å². The summed E-state index contributed by atoms with van der Waals surface area (Å²) in [7, 11) is 1.53. The summed E-state index contributed by atoms with van der Waals surface area (Å²) in [5.74, 6) is 0.775. The molecule has 0 fully saturated rings. The van der Waals surface area contributed by atoms with Crippen molar-refractivity contribution in [2.24, 2.45) is 0 Å². The number of carbonyl (C=O) groups excluding carboxylic acids is 1. The minimum absolute atomic E-state index is 0.120. The van der Waals surface area contributed by atoms with Crippen molar-refractivity contribution >= 4 is 5.78 Å². The summed E-state index contributed by atoms with van der Waals surface area (Å²) in [5, 5.41) is 9.64. The first kappa shape index (κ1) is 11.8. The highest BCUT2D eigenvalue weighted by Gasteiger charge is 2.22. The van der Waals surface area contributed by atoms with Crippen LogP contribution in [0.25, 0.3) is 11.1 Å². The Balaban J connectivity index is 2.16. The van der Waals surface area contributed by atoms with E-state index in [4.69, 9.17) is 4.74 Å². The number of hydrogen-bond acceptors (Lipinski definition) is 3. The van der Waals surface area contributed by atoms with Crippen LogP contribution in [-0.4, -0.2) is 18.0 Å². The van der Waals surface area contributed by atoms with Crippen molar-refractivity contribution in [1.29, 1.82) is 0 Å². The first-order valence-electron chi connectivity index (χ1n) is 6.23. The second-order valence-corrected chi connectivity index (χ2v) is 4.64. The molecule has 3 heteroatoms. The molecule has 0 saturated carbocycles. The molecule has 0 aromatic heterocycles. The molecule has 0 heterocycles. The second kappa shape index (κ2) is 4.43. The van der Waals surface area contributed by atoms with Gasteiger partial charge in [-0.15, -0.1) is 0 Å². The zero-order chi connectivity index (χ0) is 13.4. The zero-order valence-electron chi connectivity index (χ0n) is 10.6. The van der Waals surface area contributed by atoms with Crippen molar-refractivity contribution in [3.05, 3.63) is 47.5 Å². The molecule has 0 unspecified atom stereocenters. The van der Waals surface area contributed by atoms with Crippen LogP contribution in [0.15, 0.2) is 36.4 Å². The number of aromatic hydroxyl groups is 1. The van der Waals surface area contributed by atoms with Gasteiger partial charge >= 0.3 is 0 Å². The third kappa shape index (κ3) is 1.87. The van der Waals surface area contributed by atoms with Crippen LogP contribution < -0.4 is 4.74 Å². The second-order valence-electron chi connectivity index (χ2n) is 4.64. The van der Waals surface area contributed by atoms with E-state index in [-0.39, 0.29) is 11.5 Å². The molecule has 1 N–H and O–H groups in total. The summed E-state index contributed by atoms with van der Waals surface area (Å²) in [5.41, 5.74) is 3.92. The van der Waals surface area contributed by atoms with Gasteiger partial charge in [0.25, 0.3) is 0 Å². The summed E-state index contributed by atoms with van der Waals surface area (Å²) in [6.45, 7) is 0. The van der Waals surface area contributed by atoms with E-state index in [2.05, 4.69) is 0 Å². The smallest absolute Gasteiger partial charge is 0.163 e. The maximum atomic E-state index is 11.8. The highest BCUT2D eigenvalue weighted by molar-refractivity contribution is 6.02. The van der Waals surface area contributed by atoms with Crippen LogP contribution >= 0.6 is 0 Å².